The van der Waals surface area contributed by atoms with E-state index in [0.717, 1.165) is 24.9 Å². The largest absolute Gasteiger partial charge is 0.330 e. The minimum atomic E-state index is -0.0432. The van der Waals surface area contributed by atoms with Gasteiger partial charge in [0.05, 0.1) is 12.2 Å². The van der Waals surface area contributed by atoms with Crippen molar-refractivity contribution in [3.63, 3.8) is 0 Å². The maximum atomic E-state index is 12.8. The topological polar surface area (TPSA) is 92.6 Å². The van der Waals surface area contributed by atoms with Crippen LogP contribution in [0.25, 0.3) is 10.8 Å². The van der Waals surface area contributed by atoms with E-state index in [2.05, 4.69) is 25.3 Å². The molecule has 3 aromatic heterocycles. The van der Waals surface area contributed by atoms with Gasteiger partial charge in [0.15, 0.2) is 10.8 Å². The second kappa shape index (κ2) is 5.58. The molecule has 0 bridgehead atoms. The van der Waals surface area contributed by atoms with Crippen LogP contribution in [0, 0.1) is 0 Å². The monoisotopic (exact) mass is 329 g/mol. The number of thiazole rings is 1. The van der Waals surface area contributed by atoms with E-state index in [4.69, 9.17) is 0 Å². The number of aromatic amines is 1. The SMILES string of the molecule is Cn1cc(C2CCCN2C(=O)c2csc(-c3ncn[nH]3)n2)cn1. The van der Waals surface area contributed by atoms with Crippen LogP contribution in [0.4, 0.5) is 0 Å². The van der Waals surface area contributed by atoms with Gasteiger partial charge in [-0.2, -0.15) is 10.2 Å². The summed E-state index contributed by atoms with van der Waals surface area (Å²) in [6.45, 7) is 0.744. The normalized spacial score (nSPS) is 17.8. The molecular weight excluding hydrogens is 314 g/mol. The van der Waals surface area contributed by atoms with Crippen LogP contribution in [0.1, 0.15) is 34.9 Å². The Morgan fingerprint density at radius 1 is 1.48 bits per heavy atom. The van der Waals surface area contributed by atoms with Gasteiger partial charge >= 0.3 is 0 Å². The number of hydrogen-bond acceptors (Lipinski definition) is 6. The summed E-state index contributed by atoms with van der Waals surface area (Å²) >= 11 is 1.39. The van der Waals surface area contributed by atoms with Crippen LogP contribution in [-0.4, -0.2) is 47.3 Å². The number of likely N-dealkylation sites (tertiary alicyclic amines) is 1. The Morgan fingerprint density at radius 2 is 2.39 bits per heavy atom. The minimum Gasteiger partial charge on any atom is -0.330 e. The molecule has 0 aliphatic carbocycles. The van der Waals surface area contributed by atoms with E-state index < -0.39 is 0 Å². The van der Waals surface area contributed by atoms with Crippen molar-refractivity contribution in [2.75, 3.05) is 6.54 Å². The number of H-pyrrole nitrogens is 1. The lowest BCUT2D eigenvalue weighted by atomic mass is 10.1. The van der Waals surface area contributed by atoms with Gasteiger partial charge in [-0.25, -0.2) is 9.97 Å². The molecule has 1 N–H and O–H groups in total. The predicted molar refractivity (Wildman–Crippen MR) is 83.7 cm³/mol. The van der Waals surface area contributed by atoms with Gasteiger partial charge in [-0.1, -0.05) is 0 Å². The molecule has 4 heterocycles. The summed E-state index contributed by atoms with van der Waals surface area (Å²) in [6.07, 6.45) is 7.17. The van der Waals surface area contributed by atoms with Crippen molar-refractivity contribution in [3.8, 4) is 10.8 Å². The van der Waals surface area contributed by atoms with Gasteiger partial charge in [0, 0.05) is 30.7 Å². The first-order chi connectivity index (χ1) is 11.2. The number of aromatic nitrogens is 6. The second-order valence-electron chi connectivity index (χ2n) is 5.48. The number of rotatable bonds is 3. The van der Waals surface area contributed by atoms with Crippen LogP contribution >= 0.6 is 11.3 Å². The number of hydrogen-bond donors (Lipinski definition) is 1. The summed E-state index contributed by atoms with van der Waals surface area (Å²) in [7, 11) is 1.88. The van der Waals surface area contributed by atoms with Crippen LogP contribution < -0.4 is 0 Å². The summed E-state index contributed by atoms with van der Waals surface area (Å²) in [5.41, 5.74) is 1.53. The van der Waals surface area contributed by atoms with Gasteiger partial charge in [-0.05, 0) is 12.8 Å². The van der Waals surface area contributed by atoms with Crippen LogP contribution in [0.5, 0.6) is 0 Å². The van der Waals surface area contributed by atoms with Crippen LogP contribution in [0.3, 0.4) is 0 Å². The maximum Gasteiger partial charge on any atom is 0.273 e. The van der Waals surface area contributed by atoms with Crippen molar-refractivity contribution in [1.29, 1.82) is 0 Å². The van der Waals surface area contributed by atoms with Crippen molar-refractivity contribution < 1.29 is 4.79 Å². The highest BCUT2D eigenvalue weighted by molar-refractivity contribution is 7.13. The molecule has 0 saturated carbocycles. The molecule has 1 amide bonds. The molecular formula is C14H15N7OS. The van der Waals surface area contributed by atoms with Crippen LogP contribution in [0.15, 0.2) is 24.1 Å². The number of amides is 1. The van der Waals surface area contributed by atoms with Gasteiger partial charge in [-0.3, -0.25) is 14.6 Å². The average Bonchev–Trinajstić information content (AvgIpc) is 3.31. The molecule has 3 aromatic rings. The van der Waals surface area contributed by atoms with E-state index in [1.165, 1.54) is 17.7 Å². The van der Waals surface area contributed by atoms with Gasteiger partial charge in [-0.15, -0.1) is 11.3 Å². The highest BCUT2D eigenvalue weighted by Gasteiger charge is 2.32. The second-order valence-corrected chi connectivity index (χ2v) is 6.33. The van der Waals surface area contributed by atoms with Gasteiger partial charge in [0.25, 0.3) is 5.91 Å². The molecule has 8 nitrogen and oxygen atoms in total. The molecule has 4 rings (SSSR count). The van der Waals surface area contributed by atoms with Gasteiger partial charge < -0.3 is 4.90 Å². The molecule has 0 radical (unpaired) electrons. The number of aryl methyl sites for hydroxylation is 1. The molecule has 1 aliphatic rings. The van der Waals surface area contributed by atoms with E-state index in [0.29, 0.717) is 16.5 Å². The number of carbonyl (C=O) groups excluding carboxylic acids is 1. The minimum absolute atomic E-state index is 0.0432. The third-order valence-corrected chi connectivity index (χ3v) is 4.81. The zero-order valence-electron chi connectivity index (χ0n) is 12.5. The fraction of sp³-hybridized carbons (Fsp3) is 0.357. The first kappa shape index (κ1) is 14.1. The van der Waals surface area contributed by atoms with Crippen molar-refractivity contribution >= 4 is 17.2 Å². The van der Waals surface area contributed by atoms with Crippen LogP contribution in [0.2, 0.25) is 0 Å². The van der Waals surface area contributed by atoms with E-state index in [1.807, 2.05) is 24.3 Å². The smallest absolute Gasteiger partial charge is 0.273 e. The Balaban J connectivity index is 1.58. The standard InChI is InChI=1S/C14H15N7OS/c1-20-6-9(5-17-20)11-3-2-4-21(11)14(22)10-7-23-13(18-10)12-15-8-16-19-12/h5-8,11H,2-4H2,1H3,(H,15,16,19). The van der Waals surface area contributed by atoms with Crippen molar-refractivity contribution in [2.24, 2.45) is 7.05 Å². The van der Waals surface area contributed by atoms with Gasteiger partial charge in [0.2, 0.25) is 0 Å². The Kier molecular flexibility index (Phi) is 3.41. The predicted octanol–water partition coefficient (Wildman–Crippen LogP) is 1.64. The Bertz CT molecular complexity index is 822. The summed E-state index contributed by atoms with van der Waals surface area (Å²) in [4.78, 5) is 23.2. The summed E-state index contributed by atoms with van der Waals surface area (Å²) in [6, 6.07) is 0.0756. The van der Waals surface area contributed by atoms with Gasteiger partial charge in [0.1, 0.15) is 12.0 Å². The molecule has 23 heavy (non-hydrogen) atoms. The third-order valence-electron chi connectivity index (χ3n) is 3.96. The molecule has 9 heteroatoms. The first-order valence-electron chi connectivity index (χ1n) is 7.33. The first-order valence-corrected chi connectivity index (χ1v) is 8.21. The third kappa shape index (κ3) is 2.52. The molecule has 0 spiro atoms. The average molecular weight is 329 g/mol. The molecule has 118 valence electrons. The lowest BCUT2D eigenvalue weighted by molar-refractivity contribution is 0.0730. The Morgan fingerprint density at radius 3 is 3.13 bits per heavy atom. The fourth-order valence-electron chi connectivity index (χ4n) is 2.90. The lowest BCUT2D eigenvalue weighted by Gasteiger charge is -2.22. The Hall–Kier alpha value is -2.55. The summed E-state index contributed by atoms with van der Waals surface area (Å²) < 4.78 is 1.77. The zero-order chi connectivity index (χ0) is 15.8. The maximum absolute atomic E-state index is 12.8. The highest BCUT2D eigenvalue weighted by Crippen LogP contribution is 2.33. The lowest BCUT2D eigenvalue weighted by Crippen LogP contribution is -2.30. The molecule has 1 fully saturated rings. The van der Waals surface area contributed by atoms with Crippen molar-refractivity contribution in [1.82, 2.24) is 34.8 Å². The zero-order valence-corrected chi connectivity index (χ0v) is 13.3. The molecule has 1 atom stereocenters. The quantitative estimate of drug-likeness (QED) is 0.788. The summed E-state index contributed by atoms with van der Waals surface area (Å²) in [5, 5.41) is 13.2. The number of carbonyl (C=O) groups is 1. The van der Waals surface area contributed by atoms with Crippen LogP contribution in [-0.2, 0) is 7.05 Å². The molecule has 0 aromatic carbocycles. The molecule has 1 saturated heterocycles. The fourth-order valence-corrected chi connectivity index (χ4v) is 3.64. The van der Waals surface area contributed by atoms with E-state index in [9.17, 15) is 4.79 Å². The number of nitrogens with one attached hydrogen (secondary N) is 1. The summed E-state index contributed by atoms with van der Waals surface area (Å²) in [5.74, 6) is 0.539. The highest BCUT2D eigenvalue weighted by atomic mass is 32.1. The van der Waals surface area contributed by atoms with Crippen molar-refractivity contribution in [3.05, 3.63) is 35.4 Å². The van der Waals surface area contributed by atoms with Crippen molar-refractivity contribution in [2.45, 2.75) is 18.9 Å². The number of nitrogens with zero attached hydrogens (tertiary/aromatic N) is 6. The van der Waals surface area contributed by atoms with E-state index in [1.54, 1.807) is 10.1 Å². The van der Waals surface area contributed by atoms with E-state index >= 15 is 0 Å². The molecule has 1 aliphatic heterocycles. The Labute approximate surface area is 136 Å². The van der Waals surface area contributed by atoms with E-state index in [-0.39, 0.29) is 11.9 Å². The molecule has 1 unspecified atom stereocenters.